The highest BCUT2D eigenvalue weighted by Gasteiger charge is 2.25. The van der Waals surface area contributed by atoms with Crippen molar-refractivity contribution in [1.82, 2.24) is 19.7 Å². The molecular weight excluding hydrogens is 347 g/mol. The summed E-state index contributed by atoms with van der Waals surface area (Å²) < 4.78 is 20.2. The number of carbonyl (C=O) groups is 1. The zero-order valence-corrected chi connectivity index (χ0v) is 14.9. The molecule has 1 aliphatic rings. The van der Waals surface area contributed by atoms with Crippen molar-refractivity contribution in [2.45, 2.75) is 19.5 Å². The van der Waals surface area contributed by atoms with Crippen LogP contribution in [0.15, 0.2) is 48.5 Å². The third-order valence-electron chi connectivity index (χ3n) is 4.72. The number of hydrogen-bond acceptors (Lipinski definition) is 4. The minimum atomic E-state index is -0.302. The minimum Gasteiger partial charge on any atom is -0.497 e. The fraction of sp³-hybridized carbons (Fsp3) is 0.250. The van der Waals surface area contributed by atoms with E-state index in [0.29, 0.717) is 19.6 Å². The number of methoxy groups -OCH3 is 1. The Bertz CT molecular complexity index is 951. The van der Waals surface area contributed by atoms with Crippen LogP contribution in [0.4, 0.5) is 4.39 Å². The predicted octanol–water partition coefficient (Wildman–Crippen LogP) is 2.68. The lowest BCUT2D eigenvalue weighted by molar-refractivity contribution is -0.132. The first-order chi connectivity index (χ1) is 13.1. The number of halogens is 1. The van der Waals surface area contributed by atoms with Crippen molar-refractivity contribution < 1.29 is 13.9 Å². The van der Waals surface area contributed by atoms with Crippen molar-refractivity contribution in [3.8, 4) is 17.1 Å². The molecule has 138 valence electrons. The molecule has 0 bridgehead atoms. The van der Waals surface area contributed by atoms with E-state index in [1.165, 1.54) is 12.1 Å². The van der Waals surface area contributed by atoms with Crippen molar-refractivity contribution in [2.24, 2.45) is 0 Å². The first kappa shape index (κ1) is 17.2. The number of hydrogen-bond donors (Lipinski definition) is 0. The van der Waals surface area contributed by atoms with E-state index in [1.54, 1.807) is 24.1 Å². The summed E-state index contributed by atoms with van der Waals surface area (Å²) in [6.45, 7) is 1.65. The van der Waals surface area contributed by atoms with Crippen LogP contribution in [0.25, 0.3) is 11.4 Å². The number of amides is 1. The number of nitrogens with zero attached hydrogens (tertiary/aromatic N) is 4. The van der Waals surface area contributed by atoms with Crippen LogP contribution < -0.4 is 4.74 Å². The third kappa shape index (κ3) is 3.53. The molecule has 6 nitrogen and oxygen atoms in total. The first-order valence-electron chi connectivity index (χ1n) is 8.73. The van der Waals surface area contributed by atoms with Gasteiger partial charge in [0.2, 0.25) is 5.91 Å². The smallest absolute Gasteiger partial charge is 0.227 e. The SMILES string of the molecule is COc1ccc(-c2nnc3n2CCN(C(=O)Cc2ccc(F)cc2)C3)cc1. The van der Waals surface area contributed by atoms with Crippen LogP contribution in [-0.4, -0.2) is 39.2 Å². The summed E-state index contributed by atoms with van der Waals surface area (Å²) >= 11 is 0. The summed E-state index contributed by atoms with van der Waals surface area (Å²) in [5, 5.41) is 8.57. The van der Waals surface area contributed by atoms with Gasteiger partial charge in [-0.2, -0.15) is 0 Å². The summed E-state index contributed by atoms with van der Waals surface area (Å²) in [6, 6.07) is 13.7. The van der Waals surface area contributed by atoms with E-state index in [1.807, 2.05) is 28.8 Å². The van der Waals surface area contributed by atoms with Crippen molar-refractivity contribution in [3.63, 3.8) is 0 Å². The van der Waals surface area contributed by atoms with Gasteiger partial charge in [-0.05, 0) is 42.0 Å². The Hall–Kier alpha value is -3.22. The lowest BCUT2D eigenvalue weighted by atomic mass is 10.1. The van der Waals surface area contributed by atoms with Gasteiger partial charge in [0.25, 0.3) is 0 Å². The highest BCUT2D eigenvalue weighted by atomic mass is 19.1. The summed E-state index contributed by atoms with van der Waals surface area (Å²) in [5.41, 5.74) is 1.76. The van der Waals surface area contributed by atoms with Gasteiger partial charge >= 0.3 is 0 Å². The van der Waals surface area contributed by atoms with Crippen LogP contribution in [0.5, 0.6) is 5.75 Å². The van der Waals surface area contributed by atoms with E-state index in [4.69, 9.17) is 4.74 Å². The van der Waals surface area contributed by atoms with E-state index in [9.17, 15) is 9.18 Å². The largest absolute Gasteiger partial charge is 0.497 e. The van der Waals surface area contributed by atoms with Gasteiger partial charge in [-0.15, -0.1) is 10.2 Å². The maximum Gasteiger partial charge on any atom is 0.227 e. The lowest BCUT2D eigenvalue weighted by Gasteiger charge is -2.28. The van der Waals surface area contributed by atoms with E-state index in [0.717, 1.165) is 28.5 Å². The summed E-state index contributed by atoms with van der Waals surface area (Å²) in [7, 11) is 1.63. The van der Waals surface area contributed by atoms with Crippen LogP contribution in [0.1, 0.15) is 11.4 Å². The molecule has 0 atom stereocenters. The maximum absolute atomic E-state index is 13.0. The molecule has 0 radical (unpaired) electrons. The Morgan fingerprint density at radius 3 is 2.52 bits per heavy atom. The number of fused-ring (bicyclic) bond motifs is 1. The maximum atomic E-state index is 13.0. The van der Waals surface area contributed by atoms with E-state index in [2.05, 4.69) is 10.2 Å². The summed E-state index contributed by atoms with van der Waals surface area (Å²) in [6.07, 6.45) is 0.250. The second-order valence-electron chi connectivity index (χ2n) is 6.44. The molecule has 27 heavy (non-hydrogen) atoms. The molecule has 2 aromatic carbocycles. The molecule has 7 heteroatoms. The van der Waals surface area contributed by atoms with E-state index < -0.39 is 0 Å². The van der Waals surface area contributed by atoms with Crippen LogP contribution >= 0.6 is 0 Å². The molecule has 0 saturated heterocycles. The van der Waals surface area contributed by atoms with Gasteiger partial charge in [0.05, 0.1) is 20.1 Å². The number of benzene rings is 2. The summed E-state index contributed by atoms with van der Waals surface area (Å²) in [5.74, 6) is 2.04. The van der Waals surface area contributed by atoms with Crippen molar-refractivity contribution in [1.29, 1.82) is 0 Å². The van der Waals surface area contributed by atoms with Gasteiger partial charge in [-0.1, -0.05) is 12.1 Å². The molecule has 2 heterocycles. The van der Waals surface area contributed by atoms with Crippen molar-refractivity contribution >= 4 is 5.91 Å². The Labute approximate surface area is 156 Å². The zero-order valence-electron chi connectivity index (χ0n) is 14.9. The first-order valence-corrected chi connectivity index (χ1v) is 8.73. The number of carbonyl (C=O) groups excluding carboxylic acids is 1. The third-order valence-corrected chi connectivity index (χ3v) is 4.72. The minimum absolute atomic E-state index is 0.00172. The molecule has 4 rings (SSSR count). The average Bonchev–Trinajstić information content (AvgIpc) is 3.13. The second-order valence-corrected chi connectivity index (χ2v) is 6.44. The molecule has 0 unspecified atom stereocenters. The quantitative estimate of drug-likeness (QED) is 0.712. The Morgan fingerprint density at radius 1 is 1.07 bits per heavy atom. The van der Waals surface area contributed by atoms with Crippen molar-refractivity contribution in [2.75, 3.05) is 13.7 Å². The van der Waals surface area contributed by atoms with Gasteiger partial charge in [0.15, 0.2) is 11.6 Å². The normalized spacial score (nSPS) is 13.3. The van der Waals surface area contributed by atoms with Crippen LogP contribution in [0, 0.1) is 5.82 Å². The zero-order chi connectivity index (χ0) is 18.8. The molecular formula is C20H19FN4O2. The average molecular weight is 366 g/mol. The van der Waals surface area contributed by atoms with Crippen LogP contribution in [0.2, 0.25) is 0 Å². The fourth-order valence-electron chi connectivity index (χ4n) is 3.21. The van der Waals surface area contributed by atoms with Gasteiger partial charge < -0.3 is 14.2 Å². The monoisotopic (exact) mass is 366 g/mol. The molecule has 1 amide bonds. The standard InChI is InChI=1S/C20H19FN4O2/c1-27-17-8-4-15(5-9-17)20-23-22-18-13-24(10-11-25(18)20)19(26)12-14-2-6-16(21)7-3-14/h2-9H,10-13H2,1H3. The van der Waals surface area contributed by atoms with E-state index >= 15 is 0 Å². The molecule has 0 N–H and O–H groups in total. The molecule has 0 fully saturated rings. The molecule has 0 aliphatic carbocycles. The molecule has 1 aliphatic heterocycles. The van der Waals surface area contributed by atoms with Gasteiger partial charge in [0, 0.05) is 18.7 Å². The Balaban J connectivity index is 1.48. The summed E-state index contributed by atoms with van der Waals surface area (Å²) in [4.78, 5) is 14.3. The van der Waals surface area contributed by atoms with Gasteiger partial charge in [-0.25, -0.2) is 4.39 Å². The highest BCUT2D eigenvalue weighted by molar-refractivity contribution is 5.78. The highest BCUT2D eigenvalue weighted by Crippen LogP contribution is 2.24. The second kappa shape index (κ2) is 7.19. The van der Waals surface area contributed by atoms with Crippen LogP contribution in [-0.2, 0) is 24.3 Å². The Morgan fingerprint density at radius 2 is 1.81 bits per heavy atom. The van der Waals surface area contributed by atoms with Crippen LogP contribution in [0.3, 0.4) is 0 Å². The number of ether oxygens (including phenoxy) is 1. The lowest BCUT2D eigenvalue weighted by Crippen LogP contribution is -2.39. The number of rotatable bonds is 4. The fourth-order valence-corrected chi connectivity index (χ4v) is 3.21. The molecule has 3 aromatic rings. The Kier molecular flexibility index (Phi) is 4.58. The van der Waals surface area contributed by atoms with Gasteiger partial charge in [-0.3, -0.25) is 4.79 Å². The van der Waals surface area contributed by atoms with Gasteiger partial charge in [0.1, 0.15) is 11.6 Å². The topological polar surface area (TPSA) is 60.3 Å². The molecule has 0 spiro atoms. The predicted molar refractivity (Wildman–Crippen MR) is 97.5 cm³/mol. The molecule has 0 saturated carbocycles. The number of aromatic nitrogens is 3. The van der Waals surface area contributed by atoms with E-state index in [-0.39, 0.29) is 18.1 Å². The molecule has 1 aromatic heterocycles. The van der Waals surface area contributed by atoms with Crippen molar-refractivity contribution in [3.05, 3.63) is 65.7 Å².